The molecule has 3 aliphatic rings. The number of alkyl halides is 3. The summed E-state index contributed by atoms with van der Waals surface area (Å²) in [5, 5.41) is 16.4. The number of ether oxygens (including phenoxy) is 1. The lowest BCUT2D eigenvalue weighted by Gasteiger charge is -2.38. The molecule has 3 N–H and O–H groups in total. The number of fused-ring (bicyclic) bond motifs is 1. The molecule has 1 aromatic heterocycles. The quantitative estimate of drug-likeness (QED) is 0.0557. The number of anilines is 3. The van der Waals surface area contributed by atoms with E-state index in [0.717, 1.165) is 28.1 Å². The first kappa shape index (κ1) is 45.5. The molecule has 2 fully saturated rings. The molecule has 1 atom stereocenters. The highest BCUT2D eigenvalue weighted by Crippen LogP contribution is 2.43. The van der Waals surface area contributed by atoms with E-state index in [1.54, 1.807) is 0 Å². The van der Waals surface area contributed by atoms with Gasteiger partial charge >= 0.3 is 6.18 Å². The highest BCUT2D eigenvalue weighted by molar-refractivity contribution is 7.81. The van der Waals surface area contributed by atoms with Crippen molar-refractivity contribution in [1.82, 2.24) is 20.5 Å². The second-order valence-corrected chi connectivity index (χ2v) is 15.6. The van der Waals surface area contributed by atoms with E-state index < -0.39 is 110 Å². The number of imide groups is 1. The van der Waals surface area contributed by atoms with Gasteiger partial charge in [0.05, 0.1) is 40.3 Å². The Bertz CT molecular complexity index is 2760. The van der Waals surface area contributed by atoms with Gasteiger partial charge in [-0.2, -0.15) is 18.4 Å². The number of piperidine rings is 1. The Kier molecular flexibility index (Phi) is 11.8. The Morgan fingerprint density at radius 2 is 1.71 bits per heavy atom. The molecule has 0 aliphatic carbocycles. The third-order valence-electron chi connectivity index (χ3n) is 10.9. The van der Waals surface area contributed by atoms with Crippen molar-refractivity contribution in [2.45, 2.75) is 43.9 Å². The van der Waals surface area contributed by atoms with E-state index in [-0.39, 0.29) is 60.9 Å². The zero-order valence-corrected chi connectivity index (χ0v) is 34.5. The molecule has 2 saturated heterocycles. The van der Waals surface area contributed by atoms with E-state index in [1.807, 2.05) is 0 Å². The number of nitrogens with zero attached hydrogens (tertiary/aromatic N) is 5. The standard InChI is InChI=1S/C42H31F7N8O7S/c1-40(2)38(63)55(28-7-6-20(15-50)32(33(28)46)42(47,48)49)39(65)56(40)22-14-24(43)34(53-16-22)21-12-25(44)35(26(45)13-21)64-17-30(60)52-11-10-51-27-5-3-4-23-31(27)37(62)57(36(23)61)41(19-58)9-8-29(59)54-18-41/h3-7,12-14,16,19,51H,8-11,17-18H2,1-2H3,(H,52,60)(H,54,59). The van der Waals surface area contributed by atoms with Crippen LogP contribution < -0.4 is 30.5 Å². The maximum absolute atomic E-state index is 15.7. The Balaban J connectivity index is 0.983. The highest BCUT2D eigenvalue weighted by atomic mass is 32.1. The molecule has 3 aromatic carbocycles. The molecule has 23 heteroatoms. The van der Waals surface area contributed by atoms with E-state index in [4.69, 9.17) is 22.2 Å². The summed E-state index contributed by atoms with van der Waals surface area (Å²) in [5.41, 5.74) is -8.27. The molecule has 0 bridgehead atoms. The number of aldehydes is 1. The topological polar surface area (TPSA) is 194 Å². The average molecular weight is 925 g/mol. The van der Waals surface area contributed by atoms with E-state index in [0.29, 0.717) is 29.4 Å². The Hall–Kier alpha value is -7.48. The number of amides is 5. The fourth-order valence-electron chi connectivity index (χ4n) is 7.67. The van der Waals surface area contributed by atoms with Gasteiger partial charge < -0.3 is 30.4 Å². The highest BCUT2D eigenvalue weighted by Gasteiger charge is 2.53. The maximum atomic E-state index is 15.7. The van der Waals surface area contributed by atoms with Crippen molar-refractivity contribution >= 4 is 70.2 Å². The Labute approximate surface area is 368 Å². The van der Waals surface area contributed by atoms with Crippen LogP contribution in [0.25, 0.3) is 11.3 Å². The van der Waals surface area contributed by atoms with Crippen LogP contribution in [0.3, 0.4) is 0 Å². The lowest BCUT2D eigenvalue weighted by atomic mass is 9.89. The summed E-state index contributed by atoms with van der Waals surface area (Å²) in [6.45, 7) is 1.30. The van der Waals surface area contributed by atoms with Crippen molar-refractivity contribution in [3.05, 3.63) is 100 Å². The van der Waals surface area contributed by atoms with Crippen LogP contribution in [0.5, 0.6) is 5.75 Å². The minimum atomic E-state index is -5.32. The number of pyridine rings is 1. The van der Waals surface area contributed by atoms with Crippen LogP contribution in [0.4, 0.5) is 47.8 Å². The van der Waals surface area contributed by atoms with Crippen LogP contribution in [-0.4, -0.2) is 88.1 Å². The molecule has 4 heterocycles. The van der Waals surface area contributed by atoms with Crippen molar-refractivity contribution in [2.24, 2.45) is 0 Å². The normalized spacial score (nSPS) is 18.1. The van der Waals surface area contributed by atoms with Crippen LogP contribution in [-0.2, 0) is 25.4 Å². The molecule has 1 unspecified atom stereocenters. The number of thiocarbonyl (C=S) groups is 1. The van der Waals surface area contributed by atoms with Crippen molar-refractivity contribution in [1.29, 1.82) is 5.26 Å². The molecule has 3 aliphatic heterocycles. The zero-order valence-electron chi connectivity index (χ0n) is 33.7. The van der Waals surface area contributed by atoms with E-state index in [2.05, 4.69) is 20.9 Å². The van der Waals surface area contributed by atoms with Crippen LogP contribution in [0.1, 0.15) is 58.5 Å². The number of rotatable bonds is 12. The summed E-state index contributed by atoms with van der Waals surface area (Å²) in [4.78, 5) is 82.9. The lowest BCUT2D eigenvalue weighted by Crippen LogP contribution is -2.62. The predicted octanol–water partition coefficient (Wildman–Crippen LogP) is 5.16. The number of carbonyl (C=O) groups excluding carboxylic acids is 6. The van der Waals surface area contributed by atoms with Gasteiger partial charge in [0, 0.05) is 43.4 Å². The second kappa shape index (κ2) is 16.9. The number of hydrogen-bond acceptors (Lipinski definition) is 11. The number of carbonyl (C=O) groups is 6. The molecule has 5 amide bonds. The number of nitrogens with one attached hydrogen (secondary N) is 3. The first-order chi connectivity index (χ1) is 30.7. The molecular weight excluding hydrogens is 894 g/mol. The van der Waals surface area contributed by atoms with Crippen LogP contribution in [0.2, 0.25) is 0 Å². The summed E-state index contributed by atoms with van der Waals surface area (Å²) in [7, 11) is 0. The van der Waals surface area contributed by atoms with Gasteiger partial charge in [0.25, 0.3) is 23.6 Å². The number of benzene rings is 3. The zero-order chi connectivity index (χ0) is 47.3. The fourth-order valence-corrected chi connectivity index (χ4v) is 8.19. The molecule has 0 saturated carbocycles. The van der Waals surface area contributed by atoms with Crippen molar-refractivity contribution < 1.29 is 64.2 Å². The summed E-state index contributed by atoms with van der Waals surface area (Å²) in [6, 6.07) is 9.22. The number of nitriles is 1. The van der Waals surface area contributed by atoms with Gasteiger partial charge in [0.1, 0.15) is 28.6 Å². The Morgan fingerprint density at radius 3 is 2.32 bits per heavy atom. The second-order valence-electron chi connectivity index (χ2n) is 15.3. The van der Waals surface area contributed by atoms with E-state index in [1.165, 1.54) is 38.1 Å². The third kappa shape index (κ3) is 7.93. The lowest BCUT2D eigenvalue weighted by molar-refractivity contribution is -0.140. The van der Waals surface area contributed by atoms with Crippen molar-refractivity contribution in [2.75, 3.05) is 41.4 Å². The van der Waals surface area contributed by atoms with E-state index >= 15 is 17.6 Å². The van der Waals surface area contributed by atoms with Gasteiger partial charge in [-0.15, -0.1) is 0 Å². The molecule has 4 aromatic rings. The SMILES string of the molecule is CC1(C)C(=O)N(c2ccc(C#N)c(C(F)(F)F)c2F)C(=S)N1c1cnc(-c2cc(F)c(OCC(=O)NCCNc3cccc4c3C(=O)N(C3(C=O)CCC(=O)NC3)C4=O)c(F)c2)c(F)c1. The average Bonchev–Trinajstić information content (AvgIpc) is 3.61. The van der Waals surface area contributed by atoms with E-state index in [9.17, 15) is 41.9 Å². The molecular formula is C42H31F7N8O7S. The van der Waals surface area contributed by atoms with Crippen LogP contribution in [0, 0.1) is 34.6 Å². The summed E-state index contributed by atoms with van der Waals surface area (Å²) < 4.78 is 108. The third-order valence-corrected chi connectivity index (χ3v) is 11.2. The smallest absolute Gasteiger partial charge is 0.420 e. The maximum Gasteiger partial charge on any atom is 0.420 e. The molecule has 65 heavy (non-hydrogen) atoms. The number of aromatic nitrogens is 1. The van der Waals surface area contributed by atoms with Gasteiger partial charge in [-0.1, -0.05) is 6.07 Å². The number of halogens is 7. The van der Waals surface area contributed by atoms with Gasteiger partial charge in [0.15, 0.2) is 40.7 Å². The van der Waals surface area contributed by atoms with Gasteiger partial charge in [-0.25, -0.2) is 17.6 Å². The van der Waals surface area contributed by atoms with Crippen molar-refractivity contribution in [3.63, 3.8) is 0 Å². The monoisotopic (exact) mass is 924 g/mol. The largest absolute Gasteiger partial charge is 0.478 e. The van der Waals surface area contributed by atoms with Gasteiger partial charge in [-0.3, -0.25) is 38.8 Å². The van der Waals surface area contributed by atoms with Gasteiger partial charge in [0.2, 0.25) is 5.91 Å². The summed E-state index contributed by atoms with van der Waals surface area (Å²) in [5.74, 6) is -10.5. The molecule has 7 rings (SSSR count). The predicted molar refractivity (Wildman–Crippen MR) is 217 cm³/mol. The van der Waals surface area contributed by atoms with Crippen LogP contribution in [0.15, 0.2) is 54.7 Å². The van der Waals surface area contributed by atoms with Gasteiger partial charge in [-0.05, 0) is 68.9 Å². The fraction of sp³-hybridized carbons (Fsp3) is 0.262. The minimum absolute atomic E-state index is 0.0125. The molecule has 0 radical (unpaired) electrons. The summed E-state index contributed by atoms with van der Waals surface area (Å²) >= 11 is 5.36. The first-order valence-corrected chi connectivity index (χ1v) is 19.6. The molecule has 15 nitrogen and oxygen atoms in total. The molecule has 336 valence electrons. The summed E-state index contributed by atoms with van der Waals surface area (Å²) in [6.07, 6.45) is -4.02. The van der Waals surface area contributed by atoms with Crippen LogP contribution >= 0.6 is 12.2 Å². The number of hydrogen-bond donors (Lipinski definition) is 3. The first-order valence-electron chi connectivity index (χ1n) is 19.2. The van der Waals surface area contributed by atoms with Crippen molar-refractivity contribution in [3.8, 4) is 23.1 Å². The minimum Gasteiger partial charge on any atom is -0.478 e. The Morgan fingerprint density at radius 1 is 1.00 bits per heavy atom. The molecule has 0 spiro atoms.